The van der Waals surface area contributed by atoms with Gasteiger partial charge in [-0.3, -0.25) is 4.68 Å². The molecule has 0 bridgehead atoms. The van der Waals surface area contributed by atoms with E-state index in [0.717, 1.165) is 22.7 Å². The SMILES string of the molecule is Cn1ncc(Cl)c1-c1cc(N[C@H](CN)Cc2cc(F)ccc2F)sc1Cl. The highest BCUT2D eigenvalue weighted by Crippen LogP contribution is 2.41. The van der Waals surface area contributed by atoms with Crippen molar-refractivity contribution in [2.24, 2.45) is 12.8 Å². The van der Waals surface area contributed by atoms with Crippen LogP contribution in [0.25, 0.3) is 11.3 Å². The first-order chi connectivity index (χ1) is 12.4. The molecule has 1 aromatic carbocycles. The molecule has 0 aliphatic carbocycles. The van der Waals surface area contributed by atoms with Crippen LogP contribution in [0.2, 0.25) is 9.36 Å². The zero-order valence-electron chi connectivity index (χ0n) is 13.8. The molecule has 138 valence electrons. The molecule has 0 amide bonds. The molecule has 0 aliphatic rings. The van der Waals surface area contributed by atoms with Crippen LogP contribution < -0.4 is 11.1 Å². The molecule has 0 saturated heterocycles. The van der Waals surface area contributed by atoms with Crippen molar-refractivity contribution in [1.29, 1.82) is 0 Å². The maximum atomic E-state index is 13.9. The number of halogens is 4. The van der Waals surface area contributed by atoms with Crippen molar-refractivity contribution in [2.75, 3.05) is 11.9 Å². The average Bonchev–Trinajstić information content (AvgIpc) is 3.11. The monoisotopic (exact) mass is 416 g/mol. The summed E-state index contributed by atoms with van der Waals surface area (Å²) < 4.78 is 29.4. The number of nitrogens with one attached hydrogen (secondary N) is 1. The minimum atomic E-state index is -0.482. The molecule has 26 heavy (non-hydrogen) atoms. The second-order valence-electron chi connectivity index (χ2n) is 5.78. The number of hydrogen-bond acceptors (Lipinski definition) is 4. The van der Waals surface area contributed by atoms with Gasteiger partial charge < -0.3 is 11.1 Å². The topological polar surface area (TPSA) is 55.9 Å². The van der Waals surface area contributed by atoms with Crippen molar-refractivity contribution in [1.82, 2.24) is 9.78 Å². The number of benzene rings is 1. The highest BCUT2D eigenvalue weighted by molar-refractivity contribution is 7.20. The third-order valence-corrected chi connectivity index (χ3v) is 5.51. The van der Waals surface area contributed by atoms with E-state index in [9.17, 15) is 8.78 Å². The van der Waals surface area contributed by atoms with Gasteiger partial charge in [0.15, 0.2) is 0 Å². The van der Waals surface area contributed by atoms with Crippen LogP contribution >= 0.6 is 34.5 Å². The lowest BCUT2D eigenvalue weighted by molar-refractivity contribution is 0.575. The van der Waals surface area contributed by atoms with Crippen molar-refractivity contribution >= 4 is 39.5 Å². The molecule has 4 nitrogen and oxygen atoms in total. The predicted molar refractivity (Wildman–Crippen MR) is 103 cm³/mol. The molecule has 2 heterocycles. The summed E-state index contributed by atoms with van der Waals surface area (Å²) in [7, 11) is 1.78. The number of nitrogens with zero attached hydrogens (tertiary/aromatic N) is 2. The maximum absolute atomic E-state index is 13.9. The number of anilines is 1. The predicted octanol–water partition coefficient (Wildman–Crippen LogP) is 4.72. The highest BCUT2D eigenvalue weighted by atomic mass is 35.5. The Morgan fingerprint density at radius 3 is 2.73 bits per heavy atom. The zero-order valence-corrected chi connectivity index (χ0v) is 16.1. The van der Waals surface area contributed by atoms with Gasteiger partial charge in [0.05, 0.1) is 21.9 Å². The molecule has 0 saturated carbocycles. The fourth-order valence-corrected chi connectivity index (χ4v) is 4.20. The van der Waals surface area contributed by atoms with E-state index in [4.69, 9.17) is 28.9 Å². The van der Waals surface area contributed by atoms with Crippen LogP contribution in [-0.2, 0) is 13.5 Å². The number of aryl methyl sites for hydroxylation is 1. The molecule has 3 N–H and O–H groups in total. The molecular weight excluding hydrogens is 401 g/mol. The average molecular weight is 417 g/mol. The minimum absolute atomic E-state index is 0.243. The molecule has 9 heteroatoms. The fraction of sp³-hybridized carbons (Fsp3) is 0.235. The summed E-state index contributed by atoms with van der Waals surface area (Å²) in [6.45, 7) is 0.243. The standard InChI is InChI=1S/C17H16Cl2F2N4S/c1-25-16(13(18)8-23-25)12-6-15(26-17(12)19)24-11(7-22)5-9-4-10(20)2-3-14(9)21/h2-4,6,8,11,24H,5,7,22H2,1H3/t11-/m0/s1. The summed E-state index contributed by atoms with van der Waals surface area (Å²) in [5.41, 5.74) is 7.53. The van der Waals surface area contributed by atoms with E-state index in [1.165, 1.54) is 17.4 Å². The number of nitrogens with two attached hydrogens (primary N) is 1. The van der Waals surface area contributed by atoms with Crippen LogP contribution in [0.4, 0.5) is 13.8 Å². The van der Waals surface area contributed by atoms with Crippen LogP contribution in [0.15, 0.2) is 30.5 Å². The Hall–Kier alpha value is -1.67. The lowest BCUT2D eigenvalue weighted by atomic mass is 10.1. The first-order valence-electron chi connectivity index (χ1n) is 7.76. The van der Waals surface area contributed by atoms with Gasteiger partial charge in [0.25, 0.3) is 0 Å². The Labute approximate surface area is 163 Å². The van der Waals surface area contributed by atoms with Crippen LogP contribution in [0.3, 0.4) is 0 Å². The molecule has 0 aliphatic heterocycles. The van der Waals surface area contributed by atoms with Gasteiger partial charge in [-0.1, -0.05) is 23.2 Å². The molecule has 0 fully saturated rings. The lowest BCUT2D eigenvalue weighted by Gasteiger charge is -2.17. The quantitative estimate of drug-likeness (QED) is 0.611. The van der Waals surface area contributed by atoms with E-state index in [-0.39, 0.29) is 24.6 Å². The maximum Gasteiger partial charge on any atom is 0.126 e. The summed E-state index contributed by atoms with van der Waals surface area (Å²) in [6.07, 6.45) is 1.80. The molecule has 3 rings (SSSR count). The molecule has 3 aromatic rings. The van der Waals surface area contributed by atoms with E-state index < -0.39 is 11.6 Å². The lowest BCUT2D eigenvalue weighted by Crippen LogP contribution is -2.31. The number of aromatic nitrogens is 2. The number of hydrogen-bond donors (Lipinski definition) is 2. The van der Waals surface area contributed by atoms with Crippen molar-refractivity contribution in [3.63, 3.8) is 0 Å². The highest BCUT2D eigenvalue weighted by Gasteiger charge is 2.18. The summed E-state index contributed by atoms with van der Waals surface area (Å²) in [6, 6.07) is 4.95. The van der Waals surface area contributed by atoms with E-state index in [1.54, 1.807) is 17.9 Å². The molecule has 2 aromatic heterocycles. The molecule has 0 spiro atoms. The van der Waals surface area contributed by atoms with Gasteiger partial charge >= 0.3 is 0 Å². The van der Waals surface area contributed by atoms with E-state index in [2.05, 4.69) is 10.4 Å². The van der Waals surface area contributed by atoms with Crippen LogP contribution in [-0.4, -0.2) is 22.4 Å². The molecule has 0 unspecified atom stereocenters. The van der Waals surface area contributed by atoms with E-state index >= 15 is 0 Å². The van der Waals surface area contributed by atoms with E-state index in [0.29, 0.717) is 15.1 Å². The smallest absolute Gasteiger partial charge is 0.126 e. The Morgan fingerprint density at radius 1 is 1.31 bits per heavy atom. The molecule has 1 atom stereocenters. The van der Waals surface area contributed by atoms with Gasteiger partial charge in [-0.15, -0.1) is 11.3 Å². The molecular formula is C17H16Cl2F2N4S. The first kappa shape index (κ1) is 19.1. The van der Waals surface area contributed by atoms with Crippen molar-refractivity contribution < 1.29 is 8.78 Å². The van der Waals surface area contributed by atoms with Gasteiger partial charge in [-0.2, -0.15) is 5.10 Å². The zero-order chi connectivity index (χ0) is 18.8. The van der Waals surface area contributed by atoms with Gasteiger partial charge in [-0.05, 0) is 36.2 Å². The summed E-state index contributed by atoms with van der Waals surface area (Å²) in [5, 5.41) is 8.60. The first-order valence-corrected chi connectivity index (χ1v) is 9.34. The van der Waals surface area contributed by atoms with Crippen molar-refractivity contribution in [3.05, 3.63) is 57.0 Å². The van der Waals surface area contributed by atoms with Crippen LogP contribution in [0, 0.1) is 11.6 Å². The van der Waals surface area contributed by atoms with Crippen LogP contribution in [0.1, 0.15) is 5.56 Å². The minimum Gasteiger partial charge on any atom is -0.373 e. The van der Waals surface area contributed by atoms with Gasteiger partial charge in [0.1, 0.15) is 16.0 Å². The van der Waals surface area contributed by atoms with Crippen molar-refractivity contribution in [3.8, 4) is 11.3 Å². The Balaban J connectivity index is 1.81. The summed E-state index contributed by atoms with van der Waals surface area (Å²) >= 11 is 13.9. The van der Waals surface area contributed by atoms with Crippen LogP contribution in [0.5, 0.6) is 0 Å². The molecule has 0 radical (unpaired) electrons. The van der Waals surface area contributed by atoms with Gasteiger partial charge in [0.2, 0.25) is 0 Å². The summed E-state index contributed by atoms with van der Waals surface area (Å²) in [4.78, 5) is 0. The third kappa shape index (κ3) is 4.01. The number of rotatable bonds is 6. The van der Waals surface area contributed by atoms with Gasteiger partial charge in [-0.25, -0.2) is 8.78 Å². The Morgan fingerprint density at radius 2 is 2.08 bits per heavy atom. The Bertz CT molecular complexity index is 906. The second-order valence-corrected chi connectivity index (χ2v) is 7.84. The summed E-state index contributed by atoms with van der Waals surface area (Å²) in [5.74, 6) is -0.942. The third-order valence-electron chi connectivity index (χ3n) is 3.94. The van der Waals surface area contributed by atoms with E-state index in [1.807, 2.05) is 6.07 Å². The number of thiophene rings is 1. The van der Waals surface area contributed by atoms with Crippen molar-refractivity contribution in [2.45, 2.75) is 12.5 Å². The largest absolute Gasteiger partial charge is 0.373 e. The van der Waals surface area contributed by atoms with Gasteiger partial charge in [0, 0.05) is 25.2 Å². The fourth-order valence-electron chi connectivity index (χ4n) is 2.67. The second kappa shape index (κ2) is 7.92. The Kier molecular flexibility index (Phi) is 5.82. The normalized spacial score (nSPS) is 12.4.